The zero-order valence-corrected chi connectivity index (χ0v) is 10.3. The van der Waals surface area contributed by atoms with E-state index in [1.54, 1.807) is 36.5 Å². The first-order valence-electron chi connectivity index (χ1n) is 5.84. The van der Waals surface area contributed by atoms with Crippen molar-refractivity contribution in [3.05, 3.63) is 59.1 Å². The molecule has 0 bridgehead atoms. The monoisotopic (exact) mass is 253 g/mol. The molecule has 0 saturated carbocycles. The summed E-state index contributed by atoms with van der Waals surface area (Å²) in [5.41, 5.74) is 1.69. The number of rotatable bonds is 1. The van der Waals surface area contributed by atoms with Gasteiger partial charge in [0.15, 0.2) is 5.76 Å². The Kier molecular flexibility index (Phi) is 2.56. The SMILES string of the molecule is Cc1cc(O)c2c(c1)OC(=Cc1ccccn1)C2=O. The van der Waals surface area contributed by atoms with Gasteiger partial charge in [0, 0.05) is 12.3 Å². The zero-order chi connectivity index (χ0) is 13.4. The number of nitrogens with zero attached hydrogens (tertiary/aromatic N) is 1. The van der Waals surface area contributed by atoms with Crippen molar-refractivity contribution in [2.75, 3.05) is 0 Å². The van der Waals surface area contributed by atoms with Gasteiger partial charge in [-0.25, -0.2) is 0 Å². The maximum absolute atomic E-state index is 12.2. The molecule has 4 heteroatoms. The largest absolute Gasteiger partial charge is 0.507 e. The van der Waals surface area contributed by atoms with Crippen molar-refractivity contribution in [1.82, 2.24) is 4.98 Å². The van der Waals surface area contributed by atoms with Crippen LogP contribution in [-0.2, 0) is 0 Å². The van der Waals surface area contributed by atoms with Gasteiger partial charge in [-0.3, -0.25) is 9.78 Å². The average Bonchev–Trinajstić information content (AvgIpc) is 2.67. The number of carbonyl (C=O) groups is 1. The predicted octanol–water partition coefficient (Wildman–Crippen LogP) is 2.71. The van der Waals surface area contributed by atoms with Gasteiger partial charge in [-0.2, -0.15) is 0 Å². The van der Waals surface area contributed by atoms with Crippen molar-refractivity contribution in [3.8, 4) is 11.5 Å². The van der Waals surface area contributed by atoms with E-state index < -0.39 is 0 Å². The van der Waals surface area contributed by atoms with Crippen molar-refractivity contribution in [1.29, 1.82) is 0 Å². The Morgan fingerprint density at radius 1 is 1.32 bits per heavy atom. The number of ketones is 1. The van der Waals surface area contributed by atoms with Crippen LogP contribution in [0.5, 0.6) is 11.5 Å². The molecule has 0 saturated heterocycles. The molecule has 94 valence electrons. The van der Waals surface area contributed by atoms with Gasteiger partial charge < -0.3 is 9.84 Å². The molecule has 1 aliphatic heterocycles. The van der Waals surface area contributed by atoms with Crippen LogP contribution in [0.2, 0.25) is 0 Å². The summed E-state index contributed by atoms with van der Waals surface area (Å²) in [7, 11) is 0. The average molecular weight is 253 g/mol. The molecular formula is C15H11NO3. The first-order valence-corrected chi connectivity index (χ1v) is 5.84. The summed E-state index contributed by atoms with van der Waals surface area (Å²) in [6, 6.07) is 8.67. The first kappa shape index (κ1) is 11.5. The normalized spacial score (nSPS) is 15.4. The van der Waals surface area contributed by atoms with Crippen LogP contribution in [0, 0.1) is 6.92 Å². The predicted molar refractivity (Wildman–Crippen MR) is 70.0 cm³/mol. The number of phenolic OH excluding ortho intramolecular Hbond substituents is 1. The Labute approximate surface area is 110 Å². The fourth-order valence-electron chi connectivity index (χ4n) is 2.02. The standard InChI is InChI=1S/C15H11NO3/c1-9-6-11(17)14-12(7-9)19-13(15(14)18)8-10-4-2-3-5-16-10/h2-8,17H,1H3. The molecule has 0 spiro atoms. The number of Topliss-reactive ketones (excluding diaryl/α,β-unsaturated/α-hetero) is 1. The van der Waals surface area contributed by atoms with E-state index in [-0.39, 0.29) is 22.9 Å². The van der Waals surface area contributed by atoms with Crippen LogP contribution in [0.15, 0.2) is 42.3 Å². The van der Waals surface area contributed by atoms with Gasteiger partial charge in [0.1, 0.15) is 17.1 Å². The minimum Gasteiger partial charge on any atom is -0.507 e. The Morgan fingerprint density at radius 3 is 2.89 bits per heavy atom. The van der Waals surface area contributed by atoms with E-state index in [1.807, 2.05) is 13.0 Å². The molecule has 0 atom stereocenters. The highest BCUT2D eigenvalue weighted by Gasteiger charge is 2.30. The summed E-state index contributed by atoms with van der Waals surface area (Å²) in [6.07, 6.45) is 3.21. The number of benzene rings is 1. The third kappa shape index (κ3) is 1.97. The molecule has 1 aromatic carbocycles. The Balaban J connectivity index is 2.05. The first-order chi connectivity index (χ1) is 9.15. The molecule has 1 N–H and O–H groups in total. The highest BCUT2D eigenvalue weighted by atomic mass is 16.5. The lowest BCUT2D eigenvalue weighted by molar-refractivity contribution is 0.101. The lowest BCUT2D eigenvalue weighted by Crippen LogP contribution is -1.98. The van der Waals surface area contributed by atoms with Gasteiger partial charge in [0.25, 0.3) is 0 Å². The number of pyridine rings is 1. The van der Waals surface area contributed by atoms with Crippen molar-refractivity contribution >= 4 is 11.9 Å². The van der Waals surface area contributed by atoms with E-state index in [2.05, 4.69) is 4.98 Å². The van der Waals surface area contributed by atoms with Crippen LogP contribution < -0.4 is 4.74 Å². The molecule has 0 amide bonds. The fraction of sp³-hybridized carbons (Fsp3) is 0.0667. The third-order valence-corrected chi connectivity index (χ3v) is 2.86. The van der Waals surface area contributed by atoms with E-state index in [0.29, 0.717) is 11.4 Å². The molecule has 2 aromatic rings. The highest BCUT2D eigenvalue weighted by Crippen LogP contribution is 2.38. The Bertz CT molecular complexity index is 690. The second-order valence-corrected chi connectivity index (χ2v) is 4.35. The number of aromatic nitrogens is 1. The van der Waals surface area contributed by atoms with Crippen LogP contribution in [0.25, 0.3) is 6.08 Å². The number of phenols is 1. The number of hydrogen-bond donors (Lipinski definition) is 1. The summed E-state index contributed by atoms with van der Waals surface area (Å²) >= 11 is 0. The van der Waals surface area contributed by atoms with Crippen molar-refractivity contribution in [2.24, 2.45) is 0 Å². The zero-order valence-electron chi connectivity index (χ0n) is 10.3. The summed E-state index contributed by atoms with van der Waals surface area (Å²) in [5.74, 6) is 0.196. The van der Waals surface area contributed by atoms with Gasteiger partial charge in [0.05, 0.1) is 5.69 Å². The van der Waals surface area contributed by atoms with E-state index >= 15 is 0 Å². The molecule has 1 aromatic heterocycles. The molecule has 4 nitrogen and oxygen atoms in total. The number of hydrogen-bond acceptors (Lipinski definition) is 4. The van der Waals surface area contributed by atoms with Gasteiger partial charge in [0.2, 0.25) is 5.78 Å². The van der Waals surface area contributed by atoms with Gasteiger partial charge in [-0.1, -0.05) is 6.07 Å². The van der Waals surface area contributed by atoms with Crippen LogP contribution in [0.4, 0.5) is 0 Å². The van der Waals surface area contributed by atoms with Crippen molar-refractivity contribution in [3.63, 3.8) is 0 Å². The van der Waals surface area contributed by atoms with Crippen molar-refractivity contribution < 1.29 is 14.6 Å². The maximum atomic E-state index is 12.2. The van der Waals surface area contributed by atoms with E-state index in [1.165, 1.54) is 0 Å². The topological polar surface area (TPSA) is 59.4 Å². The second-order valence-electron chi connectivity index (χ2n) is 4.35. The summed E-state index contributed by atoms with van der Waals surface area (Å²) in [6.45, 7) is 1.83. The summed E-state index contributed by atoms with van der Waals surface area (Å²) in [4.78, 5) is 16.3. The molecule has 0 fully saturated rings. The molecule has 3 rings (SSSR count). The Hall–Kier alpha value is -2.62. The number of fused-ring (bicyclic) bond motifs is 1. The van der Waals surface area contributed by atoms with Gasteiger partial charge >= 0.3 is 0 Å². The Morgan fingerprint density at radius 2 is 2.16 bits per heavy atom. The minimum absolute atomic E-state index is 0.0515. The van der Waals surface area contributed by atoms with E-state index in [9.17, 15) is 9.90 Å². The van der Waals surface area contributed by atoms with Gasteiger partial charge in [-0.15, -0.1) is 0 Å². The van der Waals surface area contributed by atoms with Crippen LogP contribution >= 0.6 is 0 Å². The van der Waals surface area contributed by atoms with Crippen LogP contribution in [-0.4, -0.2) is 15.9 Å². The summed E-state index contributed by atoms with van der Waals surface area (Å²) in [5, 5.41) is 9.82. The quantitative estimate of drug-likeness (QED) is 0.794. The third-order valence-electron chi connectivity index (χ3n) is 2.86. The van der Waals surface area contributed by atoms with Crippen LogP contribution in [0.3, 0.4) is 0 Å². The van der Waals surface area contributed by atoms with Crippen molar-refractivity contribution in [2.45, 2.75) is 6.92 Å². The second kappa shape index (κ2) is 4.24. The molecule has 19 heavy (non-hydrogen) atoms. The molecular weight excluding hydrogens is 242 g/mol. The fourth-order valence-corrected chi connectivity index (χ4v) is 2.02. The summed E-state index contributed by atoms with van der Waals surface area (Å²) < 4.78 is 5.50. The van der Waals surface area contributed by atoms with E-state index in [4.69, 9.17) is 4.74 Å². The van der Waals surface area contributed by atoms with Crippen LogP contribution in [0.1, 0.15) is 21.6 Å². The molecule has 0 unspecified atom stereocenters. The lowest BCUT2D eigenvalue weighted by atomic mass is 10.1. The number of aryl methyl sites for hydroxylation is 1. The minimum atomic E-state index is -0.321. The smallest absolute Gasteiger partial charge is 0.235 e. The molecule has 2 heterocycles. The number of allylic oxidation sites excluding steroid dienone is 1. The van der Waals surface area contributed by atoms with Gasteiger partial charge in [-0.05, 0) is 36.8 Å². The van der Waals surface area contributed by atoms with E-state index in [0.717, 1.165) is 5.56 Å². The molecule has 0 radical (unpaired) electrons. The number of carbonyl (C=O) groups excluding carboxylic acids is 1. The molecule has 0 aliphatic carbocycles. The number of ether oxygens (including phenoxy) is 1. The number of aromatic hydroxyl groups is 1. The lowest BCUT2D eigenvalue weighted by Gasteiger charge is -2.00. The molecule has 1 aliphatic rings. The highest BCUT2D eigenvalue weighted by molar-refractivity contribution is 6.16. The maximum Gasteiger partial charge on any atom is 0.235 e.